The van der Waals surface area contributed by atoms with Crippen LogP contribution >= 0.6 is 0 Å². The van der Waals surface area contributed by atoms with Crippen LogP contribution in [0.1, 0.15) is 17.0 Å². The summed E-state index contributed by atoms with van der Waals surface area (Å²) in [6.07, 6.45) is 1.59. The number of hydrazone groups is 1. The first-order chi connectivity index (χ1) is 13.2. The van der Waals surface area contributed by atoms with Crippen LogP contribution in [0.5, 0.6) is 0 Å². The molecule has 0 bridgehead atoms. The molecule has 0 radical (unpaired) electrons. The van der Waals surface area contributed by atoms with Gasteiger partial charge in [-0.15, -0.1) is 0 Å². The molecular weight excluding hydrogens is 338 g/mol. The molecule has 5 heteroatoms. The van der Waals surface area contributed by atoms with Crippen molar-refractivity contribution in [2.24, 2.45) is 11.0 Å². The topological polar surface area (TPSA) is 70.6 Å². The molecule has 3 aromatic rings. The normalized spacial score (nSPS) is 19.3. The van der Waals surface area contributed by atoms with Gasteiger partial charge in [0.15, 0.2) is 0 Å². The van der Waals surface area contributed by atoms with E-state index in [-0.39, 0.29) is 11.8 Å². The first-order valence-corrected chi connectivity index (χ1v) is 8.87. The van der Waals surface area contributed by atoms with Crippen molar-refractivity contribution in [2.45, 2.75) is 5.92 Å². The Morgan fingerprint density at radius 1 is 1.00 bits per heavy atom. The van der Waals surface area contributed by atoms with E-state index in [1.807, 2.05) is 72.8 Å². The van der Waals surface area contributed by atoms with Crippen LogP contribution in [0.2, 0.25) is 0 Å². The number of carbonyl (C=O) groups is 2. The number of nitrogens with zero attached hydrogens (tertiary/aromatic N) is 1. The molecule has 0 aromatic heterocycles. The fraction of sp³-hybridized carbons (Fsp3) is 0.136. The minimum Gasteiger partial charge on any atom is -0.355 e. The molecule has 0 aliphatic carbocycles. The predicted molar refractivity (Wildman–Crippen MR) is 105 cm³/mol. The average Bonchev–Trinajstić information content (AvgIpc) is 3.10. The highest BCUT2D eigenvalue weighted by Crippen LogP contribution is 2.29. The van der Waals surface area contributed by atoms with Crippen LogP contribution in [0.3, 0.4) is 0 Å². The average molecular weight is 357 g/mol. The van der Waals surface area contributed by atoms with Gasteiger partial charge >= 0.3 is 0 Å². The van der Waals surface area contributed by atoms with E-state index in [4.69, 9.17) is 0 Å². The zero-order valence-corrected chi connectivity index (χ0v) is 14.6. The van der Waals surface area contributed by atoms with Crippen molar-refractivity contribution in [3.8, 4) is 0 Å². The molecule has 1 aliphatic rings. The van der Waals surface area contributed by atoms with Crippen molar-refractivity contribution in [2.75, 3.05) is 6.54 Å². The van der Waals surface area contributed by atoms with Gasteiger partial charge in [0.2, 0.25) is 5.91 Å². The fourth-order valence-electron chi connectivity index (χ4n) is 3.46. The zero-order valence-electron chi connectivity index (χ0n) is 14.6. The van der Waals surface area contributed by atoms with Gasteiger partial charge in [-0.05, 0) is 28.0 Å². The van der Waals surface area contributed by atoms with E-state index in [1.165, 1.54) is 0 Å². The van der Waals surface area contributed by atoms with Gasteiger partial charge in [0.25, 0.3) is 5.91 Å². The lowest BCUT2D eigenvalue weighted by Crippen LogP contribution is -2.34. The monoisotopic (exact) mass is 357 g/mol. The first kappa shape index (κ1) is 17.0. The Hall–Kier alpha value is -3.47. The van der Waals surface area contributed by atoms with Gasteiger partial charge in [0, 0.05) is 12.5 Å². The molecular formula is C22H19N3O2. The summed E-state index contributed by atoms with van der Waals surface area (Å²) in [6, 6.07) is 23.6. The number of hydrogen-bond donors (Lipinski definition) is 2. The SMILES string of the molecule is O=C1NC[C@H](c2ccccc2)[C@H]1C(=O)NN=Cc1ccc2ccccc2c1. The van der Waals surface area contributed by atoms with Crippen LogP contribution in [-0.4, -0.2) is 24.6 Å². The summed E-state index contributed by atoms with van der Waals surface area (Å²) >= 11 is 0. The number of nitrogens with one attached hydrogen (secondary N) is 2. The molecule has 27 heavy (non-hydrogen) atoms. The van der Waals surface area contributed by atoms with Crippen molar-refractivity contribution in [1.29, 1.82) is 0 Å². The van der Waals surface area contributed by atoms with Crippen LogP contribution in [-0.2, 0) is 9.59 Å². The van der Waals surface area contributed by atoms with Gasteiger partial charge in [-0.25, -0.2) is 5.43 Å². The molecule has 0 unspecified atom stereocenters. The summed E-state index contributed by atoms with van der Waals surface area (Å²) in [4.78, 5) is 24.7. The first-order valence-electron chi connectivity index (χ1n) is 8.87. The summed E-state index contributed by atoms with van der Waals surface area (Å²) in [5, 5.41) is 9.08. The molecule has 5 nitrogen and oxygen atoms in total. The fourth-order valence-corrected chi connectivity index (χ4v) is 3.46. The molecule has 3 aromatic carbocycles. The Bertz CT molecular complexity index is 1010. The summed E-state index contributed by atoms with van der Waals surface area (Å²) in [6.45, 7) is 0.454. The van der Waals surface area contributed by atoms with Crippen molar-refractivity contribution in [3.05, 3.63) is 83.9 Å². The molecule has 1 saturated heterocycles. The molecule has 0 spiro atoms. The number of carbonyl (C=O) groups excluding carboxylic acids is 2. The number of hydrogen-bond acceptors (Lipinski definition) is 3. The van der Waals surface area contributed by atoms with Gasteiger partial charge < -0.3 is 5.32 Å². The van der Waals surface area contributed by atoms with E-state index < -0.39 is 11.8 Å². The maximum atomic E-state index is 12.6. The standard InChI is InChI=1S/C22H19N3O2/c26-21-20(19(14-23-21)17-7-2-1-3-8-17)22(27)25-24-13-15-10-11-16-6-4-5-9-18(16)12-15/h1-13,19-20H,14H2,(H,23,26)(H,25,27)/t19-,20-/m1/s1. The zero-order chi connectivity index (χ0) is 18.6. The number of benzene rings is 3. The minimum absolute atomic E-state index is 0.186. The molecule has 2 atom stereocenters. The number of amides is 2. The third-order valence-corrected chi connectivity index (χ3v) is 4.85. The molecule has 4 rings (SSSR count). The van der Waals surface area contributed by atoms with Crippen molar-refractivity contribution in [3.63, 3.8) is 0 Å². The van der Waals surface area contributed by atoms with Crippen LogP contribution in [0, 0.1) is 5.92 Å². The predicted octanol–water partition coefficient (Wildman–Crippen LogP) is 2.82. The summed E-state index contributed by atoms with van der Waals surface area (Å²) in [5.74, 6) is -1.62. The Morgan fingerprint density at radius 3 is 2.56 bits per heavy atom. The van der Waals surface area contributed by atoms with Gasteiger partial charge in [0.05, 0.1) is 6.21 Å². The highest BCUT2D eigenvalue weighted by molar-refractivity contribution is 6.03. The van der Waals surface area contributed by atoms with Gasteiger partial charge in [0.1, 0.15) is 5.92 Å². The van der Waals surface area contributed by atoms with Gasteiger partial charge in [-0.3, -0.25) is 9.59 Å². The van der Waals surface area contributed by atoms with Crippen LogP contribution in [0.25, 0.3) is 10.8 Å². The third kappa shape index (κ3) is 3.58. The molecule has 134 valence electrons. The molecule has 0 saturated carbocycles. The second-order valence-electron chi connectivity index (χ2n) is 6.58. The molecule has 1 aliphatic heterocycles. The van der Waals surface area contributed by atoms with E-state index in [0.29, 0.717) is 6.54 Å². The lowest BCUT2D eigenvalue weighted by Gasteiger charge is -2.15. The second kappa shape index (κ2) is 7.41. The Balaban J connectivity index is 1.47. The van der Waals surface area contributed by atoms with Crippen LogP contribution < -0.4 is 10.7 Å². The van der Waals surface area contributed by atoms with Crippen LogP contribution in [0.4, 0.5) is 0 Å². The number of rotatable bonds is 4. The van der Waals surface area contributed by atoms with E-state index in [1.54, 1.807) is 6.21 Å². The second-order valence-corrected chi connectivity index (χ2v) is 6.58. The van der Waals surface area contributed by atoms with Gasteiger partial charge in [-0.2, -0.15) is 5.10 Å². The summed E-state index contributed by atoms with van der Waals surface area (Å²) in [5.41, 5.74) is 4.37. The Kier molecular flexibility index (Phi) is 4.66. The van der Waals surface area contributed by atoms with E-state index in [2.05, 4.69) is 15.8 Å². The molecule has 1 heterocycles. The van der Waals surface area contributed by atoms with E-state index in [9.17, 15) is 9.59 Å². The van der Waals surface area contributed by atoms with E-state index in [0.717, 1.165) is 21.9 Å². The minimum atomic E-state index is -0.777. The quantitative estimate of drug-likeness (QED) is 0.428. The largest absolute Gasteiger partial charge is 0.355 e. The summed E-state index contributed by atoms with van der Waals surface area (Å²) in [7, 11) is 0. The highest BCUT2D eigenvalue weighted by atomic mass is 16.2. The molecule has 2 amide bonds. The maximum absolute atomic E-state index is 12.6. The third-order valence-electron chi connectivity index (χ3n) is 4.85. The summed E-state index contributed by atoms with van der Waals surface area (Å²) < 4.78 is 0. The molecule has 1 fully saturated rings. The highest BCUT2D eigenvalue weighted by Gasteiger charge is 2.40. The van der Waals surface area contributed by atoms with Crippen molar-refractivity contribution in [1.82, 2.24) is 10.7 Å². The molecule has 2 N–H and O–H groups in total. The number of fused-ring (bicyclic) bond motifs is 1. The Morgan fingerprint density at radius 2 is 1.74 bits per heavy atom. The van der Waals surface area contributed by atoms with Crippen molar-refractivity contribution < 1.29 is 9.59 Å². The lowest BCUT2D eigenvalue weighted by molar-refractivity contribution is -0.133. The smallest absolute Gasteiger partial charge is 0.253 e. The van der Waals surface area contributed by atoms with Gasteiger partial charge in [-0.1, -0.05) is 66.7 Å². The van der Waals surface area contributed by atoms with E-state index >= 15 is 0 Å². The van der Waals surface area contributed by atoms with Crippen molar-refractivity contribution >= 4 is 28.8 Å². The Labute approximate surface area is 157 Å². The lowest BCUT2D eigenvalue weighted by atomic mass is 9.88. The maximum Gasteiger partial charge on any atom is 0.253 e. The van der Waals surface area contributed by atoms with Crippen LogP contribution in [0.15, 0.2) is 77.9 Å².